The number of nitrogens with zero attached hydrogens (tertiary/aromatic N) is 5. The Kier molecular flexibility index (Phi) is 10.4. The second-order valence-corrected chi connectivity index (χ2v) is 13.8. The van der Waals surface area contributed by atoms with Gasteiger partial charge in [-0.1, -0.05) is 91.7 Å². The van der Waals surface area contributed by atoms with Crippen molar-refractivity contribution in [2.75, 3.05) is 64.6 Å². The Morgan fingerprint density at radius 1 is 0.939 bits per heavy atom. The number of morpholine rings is 1. The lowest BCUT2D eigenvalue weighted by Gasteiger charge is -2.42. The van der Waals surface area contributed by atoms with Crippen LogP contribution >= 0.6 is 0 Å². The van der Waals surface area contributed by atoms with Crippen molar-refractivity contribution >= 4 is 11.6 Å². The number of piperazine rings is 1. The number of hydrogen-bond acceptors (Lipinski definition) is 7. The van der Waals surface area contributed by atoms with E-state index >= 15 is 0 Å². The highest BCUT2D eigenvalue weighted by molar-refractivity contribution is 5.98. The fourth-order valence-electron chi connectivity index (χ4n) is 8.19. The number of rotatable bonds is 10. The molecule has 1 N–H and O–H groups in total. The molecule has 258 valence electrons. The number of benzene rings is 3. The fourth-order valence-corrected chi connectivity index (χ4v) is 8.19. The van der Waals surface area contributed by atoms with Crippen LogP contribution in [0.4, 0.5) is 5.69 Å². The third-order valence-electron chi connectivity index (χ3n) is 10.6. The second-order valence-electron chi connectivity index (χ2n) is 13.8. The largest absolute Gasteiger partial charge is 0.385 e. The van der Waals surface area contributed by atoms with Gasteiger partial charge in [-0.3, -0.25) is 9.69 Å². The molecule has 0 radical (unpaired) electrons. The molecule has 0 unspecified atom stereocenters. The molecular weight excluding hydrogens is 614 g/mol. The smallest absolute Gasteiger partial charge is 0.275 e. The first kappa shape index (κ1) is 33.5. The van der Waals surface area contributed by atoms with E-state index in [1.165, 1.54) is 16.8 Å². The molecule has 3 atom stereocenters. The van der Waals surface area contributed by atoms with Gasteiger partial charge in [0.25, 0.3) is 5.91 Å². The molecule has 2 aliphatic heterocycles. The number of carbonyl (C=O) groups is 1. The van der Waals surface area contributed by atoms with Crippen molar-refractivity contribution in [1.82, 2.24) is 19.4 Å². The van der Waals surface area contributed by atoms with Gasteiger partial charge in [0.15, 0.2) is 5.69 Å². The average molecular weight is 664 g/mol. The van der Waals surface area contributed by atoms with Crippen LogP contribution in [0, 0.1) is 0 Å². The van der Waals surface area contributed by atoms with E-state index in [1.807, 2.05) is 30.3 Å². The number of imidazole rings is 1. The van der Waals surface area contributed by atoms with E-state index in [9.17, 15) is 9.90 Å². The highest BCUT2D eigenvalue weighted by atomic mass is 16.5. The van der Waals surface area contributed by atoms with Gasteiger partial charge in [-0.25, -0.2) is 4.98 Å². The maximum Gasteiger partial charge on any atom is 0.275 e. The van der Waals surface area contributed by atoms with Gasteiger partial charge in [0.2, 0.25) is 0 Å². The van der Waals surface area contributed by atoms with E-state index in [2.05, 4.69) is 73.9 Å². The van der Waals surface area contributed by atoms with Crippen molar-refractivity contribution in [3.63, 3.8) is 0 Å². The minimum atomic E-state index is -1.04. The molecule has 3 heterocycles. The van der Waals surface area contributed by atoms with E-state index < -0.39 is 5.60 Å². The lowest BCUT2D eigenvalue weighted by atomic mass is 9.80. The topological polar surface area (TPSA) is 83.3 Å². The minimum Gasteiger partial charge on any atom is -0.385 e. The van der Waals surface area contributed by atoms with Crippen LogP contribution in [0.15, 0.2) is 91.3 Å². The monoisotopic (exact) mass is 663 g/mol. The number of ether oxygens (including phenoxy) is 2. The molecule has 1 saturated carbocycles. The molecule has 1 aromatic heterocycles. The van der Waals surface area contributed by atoms with Crippen LogP contribution < -0.4 is 4.90 Å². The number of methoxy groups -OCH3 is 1. The summed E-state index contributed by atoms with van der Waals surface area (Å²) in [7, 11) is 1.64. The molecule has 1 amide bonds. The van der Waals surface area contributed by atoms with Crippen LogP contribution in [0.3, 0.4) is 0 Å². The van der Waals surface area contributed by atoms with Crippen LogP contribution in [0.5, 0.6) is 0 Å². The molecule has 7 rings (SSSR count). The van der Waals surface area contributed by atoms with Gasteiger partial charge < -0.3 is 28.9 Å². The van der Waals surface area contributed by atoms with Crippen molar-refractivity contribution in [2.24, 2.45) is 0 Å². The summed E-state index contributed by atoms with van der Waals surface area (Å²) < 4.78 is 13.3. The molecule has 3 fully saturated rings. The summed E-state index contributed by atoms with van der Waals surface area (Å²) in [6, 6.07) is 29.0. The zero-order chi connectivity index (χ0) is 33.6. The van der Waals surface area contributed by atoms with Gasteiger partial charge in [-0.15, -0.1) is 0 Å². The predicted octanol–water partition coefficient (Wildman–Crippen LogP) is 5.45. The summed E-state index contributed by atoms with van der Waals surface area (Å²) >= 11 is 0. The first-order valence-electron chi connectivity index (χ1n) is 17.9. The van der Waals surface area contributed by atoms with E-state index in [4.69, 9.17) is 14.5 Å². The third-order valence-corrected chi connectivity index (χ3v) is 10.6. The summed E-state index contributed by atoms with van der Waals surface area (Å²) in [6.45, 7) is 6.38. The number of anilines is 1. The summed E-state index contributed by atoms with van der Waals surface area (Å²) in [5.41, 5.74) is 4.84. The summed E-state index contributed by atoms with van der Waals surface area (Å²) in [4.78, 5) is 26.8. The SMILES string of the molecule is COC[C@]1(O)CCCC[C@H]1n1cnc(C(=O)N2CCN(Cc3ccccc3)C[C@H]2Cc2ccccc2N2CCOCC2)c1-c1ccccc1. The average Bonchev–Trinajstić information content (AvgIpc) is 3.58. The highest BCUT2D eigenvalue weighted by Gasteiger charge is 2.43. The third kappa shape index (κ3) is 7.31. The molecule has 3 aromatic carbocycles. The lowest BCUT2D eigenvalue weighted by molar-refractivity contribution is -0.0893. The number of aromatic nitrogens is 2. The van der Waals surface area contributed by atoms with E-state index in [0.717, 1.165) is 82.9 Å². The highest BCUT2D eigenvalue weighted by Crippen LogP contribution is 2.41. The van der Waals surface area contributed by atoms with Gasteiger partial charge in [0.05, 0.1) is 37.9 Å². The molecule has 4 aromatic rings. The maximum atomic E-state index is 14.9. The summed E-state index contributed by atoms with van der Waals surface area (Å²) in [5.74, 6) is -0.0584. The van der Waals surface area contributed by atoms with Gasteiger partial charge in [-0.2, -0.15) is 0 Å². The maximum absolute atomic E-state index is 14.9. The van der Waals surface area contributed by atoms with Gasteiger partial charge >= 0.3 is 0 Å². The minimum absolute atomic E-state index is 0.0546. The van der Waals surface area contributed by atoms with Crippen LogP contribution in [0.25, 0.3) is 11.3 Å². The molecule has 9 nitrogen and oxygen atoms in total. The lowest BCUT2D eigenvalue weighted by Crippen LogP contribution is -2.56. The number of para-hydroxylation sites is 1. The van der Waals surface area contributed by atoms with Gasteiger partial charge in [0, 0.05) is 63.7 Å². The Morgan fingerprint density at radius 2 is 1.67 bits per heavy atom. The molecule has 49 heavy (non-hydrogen) atoms. The van der Waals surface area contributed by atoms with Crippen molar-refractivity contribution < 1.29 is 19.4 Å². The zero-order valence-corrected chi connectivity index (χ0v) is 28.6. The van der Waals surface area contributed by atoms with E-state index in [1.54, 1.807) is 13.4 Å². The molecular formula is C40H49N5O4. The molecule has 3 aliphatic rings. The van der Waals surface area contributed by atoms with E-state index in [-0.39, 0.29) is 24.6 Å². The van der Waals surface area contributed by atoms with Crippen molar-refractivity contribution in [2.45, 2.75) is 56.3 Å². The number of amides is 1. The van der Waals surface area contributed by atoms with Gasteiger partial charge in [-0.05, 0) is 36.5 Å². The van der Waals surface area contributed by atoms with Crippen LogP contribution in [-0.2, 0) is 22.4 Å². The number of carbonyl (C=O) groups excluding carboxylic acids is 1. The van der Waals surface area contributed by atoms with Crippen molar-refractivity contribution in [3.8, 4) is 11.3 Å². The second kappa shape index (κ2) is 15.3. The summed E-state index contributed by atoms with van der Waals surface area (Å²) in [5, 5.41) is 11.9. The van der Waals surface area contributed by atoms with E-state index in [0.29, 0.717) is 18.7 Å². The van der Waals surface area contributed by atoms with Gasteiger partial charge in [0.1, 0.15) is 5.60 Å². The summed E-state index contributed by atoms with van der Waals surface area (Å²) in [6.07, 6.45) is 5.90. The van der Waals surface area contributed by atoms with Crippen molar-refractivity contribution in [3.05, 3.63) is 108 Å². The molecule has 9 heteroatoms. The quantitative estimate of drug-likeness (QED) is 0.242. The Morgan fingerprint density at radius 3 is 2.45 bits per heavy atom. The molecule has 0 spiro atoms. The van der Waals surface area contributed by atoms with Crippen LogP contribution in [-0.4, -0.2) is 102 Å². The fraction of sp³-hybridized carbons (Fsp3) is 0.450. The Hall–Kier alpha value is -4.02. The first-order valence-corrected chi connectivity index (χ1v) is 17.9. The standard InChI is InChI=1S/C40H49N5O4/c1-48-29-40(47)19-11-10-18-36(40)45-30-41-37(38(45)32-14-6-3-7-15-32)39(46)44-21-20-42(27-31-12-4-2-5-13-31)28-34(44)26-33-16-8-9-17-35(33)43-22-24-49-25-23-43/h2-9,12-17,30,34,36,47H,10-11,18-29H2,1H3/t34-,36-,40-/m1/s1. The van der Waals surface area contributed by atoms with Crippen LogP contribution in [0.1, 0.15) is 53.3 Å². The first-order chi connectivity index (χ1) is 24.0. The Labute approximate surface area is 290 Å². The molecule has 2 saturated heterocycles. The Balaban J connectivity index is 1.24. The zero-order valence-electron chi connectivity index (χ0n) is 28.6. The molecule has 1 aliphatic carbocycles. The van der Waals surface area contributed by atoms with Crippen LogP contribution in [0.2, 0.25) is 0 Å². The molecule has 0 bridgehead atoms. The number of hydrogen-bond donors (Lipinski definition) is 1. The van der Waals surface area contributed by atoms with Crippen molar-refractivity contribution in [1.29, 1.82) is 0 Å². The Bertz CT molecular complexity index is 1670. The number of aliphatic hydroxyl groups is 1. The predicted molar refractivity (Wildman–Crippen MR) is 192 cm³/mol. The normalized spacial score (nSPS) is 23.5.